The van der Waals surface area contributed by atoms with Gasteiger partial charge in [0.2, 0.25) is 5.82 Å². The van der Waals surface area contributed by atoms with Crippen molar-refractivity contribution in [2.45, 2.75) is 13.8 Å². The molecule has 0 saturated carbocycles. The number of hydrogen-bond acceptors (Lipinski definition) is 7. The maximum Gasteiger partial charge on any atom is 0.342 e. The molecule has 0 unspecified atom stereocenters. The molecule has 86 valence electrons. The van der Waals surface area contributed by atoms with Gasteiger partial charge in [0.15, 0.2) is 0 Å². The number of carbonyl (C=O) groups is 1. The summed E-state index contributed by atoms with van der Waals surface area (Å²) >= 11 is 0. The van der Waals surface area contributed by atoms with Crippen LogP contribution in [0.2, 0.25) is 0 Å². The fourth-order valence-corrected chi connectivity index (χ4v) is 1.26. The number of hydrogen-bond donors (Lipinski definition) is 2. The lowest BCUT2D eigenvalue weighted by Gasteiger charge is -2.10. The highest BCUT2D eigenvalue weighted by atomic mass is 16.5. The SMILES string of the molecule is CCOC(=O)c1c(C)nc(N=O)c(N)c1N. The lowest BCUT2D eigenvalue weighted by Crippen LogP contribution is -2.13. The van der Waals surface area contributed by atoms with E-state index in [9.17, 15) is 9.70 Å². The van der Waals surface area contributed by atoms with Gasteiger partial charge in [-0.3, -0.25) is 0 Å². The average Bonchev–Trinajstić information content (AvgIpc) is 2.24. The highest BCUT2D eigenvalue weighted by molar-refractivity contribution is 6.00. The summed E-state index contributed by atoms with van der Waals surface area (Å²) in [5.74, 6) is -0.836. The quantitative estimate of drug-likeness (QED) is 0.586. The Morgan fingerprint density at radius 1 is 1.44 bits per heavy atom. The van der Waals surface area contributed by atoms with Gasteiger partial charge in [-0.15, -0.1) is 4.91 Å². The van der Waals surface area contributed by atoms with E-state index >= 15 is 0 Å². The van der Waals surface area contributed by atoms with Crippen LogP contribution in [-0.2, 0) is 4.74 Å². The molecule has 7 nitrogen and oxygen atoms in total. The van der Waals surface area contributed by atoms with Crippen molar-refractivity contribution in [3.05, 3.63) is 16.2 Å². The van der Waals surface area contributed by atoms with E-state index in [-0.39, 0.29) is 35.1 Å². The Hall–Kier alpha value is -2.18. The number of nitroso groups, excluding NO2 is 1. The second-order valence-electron chi connectivity index (χ2n) is 3.03. The zero-order valence-electron chi connectivity index (χ0n) is 8.98. The van der Waals surface area contributed by atoms with Crippen LogP contribution < -0.4 is 11.5 Å². The van der Waals surface area contributed by atoms with Gasteiger partial charge in [0.1, 0.15) is 11.3 Å². The molecule has 0 atom stereocenters. The van der Waals surface area contributed by atoms with E-state index in [4.69, 9.17) is 16.2 Å². The monoisotopic (exact) mass is 224 g/mol. The summed E-state index contributed by atoms with van der Waals surface area (Å²) in [5.41, 5.74) is 11.3. The third-order valence-electron chi connectivity index (χ3n) is 2.00. The fourth-order valence-electron chi connectivity index (χ4n) is 1.26. The summed E-state index contributed by atoms with van der Waals surface area (Å²) < 4.78 is 4.79. The molecule has 16 heavy (non-hydrogen) atoms. The molecule has 0 saturated heterocycles. The predicted octanol–water partition coefficient (Wildman–Crippen LogP) is 1.13. The van der Waals surface area contributed by atoms with Gasteiger partial charge < -0.3 is 16.2 Å². The first-order valence-electron chi connectivity index (χ1n) is 4.58. The topological polar surface area (TPSA) is 121 Å². The molecule has 4 N–H and O–H groups in total. The second-order valence-corrected chi connectivity index (χ2v) is 3.03. The van der Waals surface area contributed by atoms with E-state index in [0.717, 1.165) is 0 Å². The molecule has 7 heteroatoms. The Kier molecular flexibility index (Phi) is 3.39. The zero-order valence-corrected chi connectivity index (χ0v) is 8.98. The summed E-state index contributed by atoms with van der Waals surface area (Å²) in [5, 5.41) is 2.62. The molecular weight excluding hydrogens is 212 g/mol. The third kappa shape index (κ3) is 1.92. The summed E-state index contributed by atoms with van der Waals surface area (Å²) in [4.78, 5) is 25.7. The Morgan fingerprint density at radius 2 is 2.06 bits per heavy atom. The van der Waals surface area contributed by atoms with Gasteiger partial charge >= 0.3 is 5.97 Å². The summed E-state index contributed by atoms with van der Waals surface area (Å²) in [6.45, 7) is 3.41. The lowest BCUT2D eigenvalue weighted by molar-refractivity contribution is 0.0526. The molecule has 0 aliphatic heterocycles. The third-order valence-corrected chi connectivity index (χ3v) is 2.00. The summed E-state index contributed by atoms with van der Waals surface area (Å²) in [6, 6.07) is 0. The minimum absolute atomic E-state index is 0.0273. The van der Waals surface area contributed by atoms with Crippen LogP contribution in [0.1, 0.15) is 23.0 Å². The van der Waals surface area contributed by atoms with Crippen molar-refractivity contribution in [1.29, 1.82) is 0 Å². The normalized spacial score (nSPS) is 9.88. The Balaban J connectivity index is 3.36. The molecule has 1 rings (SSSR count). The number of anilines is 2. The molecule has 0 fully saturated rings. The summed E-state index contributed by atoms with van der Waals surface area (Å²) in [6.07, 6.45) is 0. The number of pyridine rings is 1. The first kappa shape index (κ1) is 11.9. The van der Waals surface area contributed by atoms with Crippen LogP contribution in [0.3, 0.4) is 0 Å². The molecule has 1 aromatic heterocycles. The number of nitrogens with two attached hydrogens (primary N) is 2. The number of ether oxygens (including phenoxy) is 1. The van der Waals surface area contributed by atoms with Crippen LogP contribution in [0, 0.1) is 11.8 Å². The van der Waals surface area contributed by atoms with Gasteiger partial charge in [0, 0.05) is 0 Å². The average molecular weight is 224 g/mol. The van der Waals surface area contributed by atoms with Crippen LogP contribution in [0.15, 0.2) is 5.18 Å². The van der Waals surface area contributed by atoms with Crippen LogP contribution in [-0.4, -0.2) is 17.6 Å². The first-order valence-corrected chi connectivity index (χ1v) is 4.58. The van der Waals surface area contributed by atoms with Crippen molar-refractivity contribution < 1.29 is 9.53 Å². The molecule has 0 radical (unpaired) electrons. The highest BCUT2D eigenvalue weighted by Gasteiger charge is 2.20. The highest BCUT2D eigenvalue weighted by Crippen LogP contribution is 2.30. The maximum atomic E-state index is 11.5. The molecule has 0 spiro atoms. The first-order chi connectivity index (χ1) is 7.52. The van der Waals surface area contributed by atoms with Crippen LogP contribution in [0.25, 0.3) is 0 Å². The second kappa shape index (κ2) is 4.56. The number of carbonyl (C=O) groups excluding carboxylic acids is 1. The van der Waals surface area contributed by atoms with E-state index in [2.05, 4.69) is 10.2 Å². The van der Waals surface area contributed by atoms with Crippen molar-refractivity contribution in [3.63, 3.8) is 0 Å². The number of aromatic nitrogens is 1. The molecule has 1 heterocycles. The van der Waals surface area contributed by atoms with Gasteiger partial charge in [0.25, 0.3) is 0 Å². The van der Waals surface area contributed by atoms with E-state index < -0.39 is 5.97 Å². The van der Waals surface area contributed by atoms with Crippen molar-refractivity contribution >= 4 is 23.2 Å². The van der Waals surface area contributed by atoms with Gasteiger partial charge in [-0.05, 0) is 19.0 Å². The maximum absolute atomic E-state index is 11.5. The van der Waals surface area contributed by atoms with Crippen LogP contribution in [0.4, 0.5) is 17.2 Å². The van der Waals surface area contributed by atoms with E-state index in [0.29, 0.717) is 0 Å². The molecule has 0 aromatic carbocycles. The van der Waals surface area contributed by atoms with Gasteiger partial charge in [0.05, 0.1) is 18.0 Å². The van der Waals surface area contributed by atoms with Gasteiger partial charge in [-0.1, -0.05) is 0 Å². The van der Waals surface area contributed by atoms with Crippen molar-refractivity contribution in [3.8, 4) is 0 Å². The Bertz CT molecular complexity index is 445. The standard InChI is InChI=1S/C9H12N4O3/c1-3-16-9(14)5-4(2)12-8(13-15)7(11)6(5)10/h3,11H2,1-2H3,(H2,10,12). The van der Waals surface area contributed by atoms with Crippen molar-refractivity contribution in [1.82, 2.24) is 4.98 Å². The largest absolute Gasteiger partial charge is 0.462 e. The van der Waals surface area contributed by atoms with Gasteiger partial charge in [-0.25, -0.2) is 9.78 Å². The van der Waals surface area contributed by atoms with Crippen LogP contribution in [0.5, 0.6) is 0 Å². The lowest BCUT2D eigenvalue weighted by atomic mass is 10.1. The van der Waals surface area contributed by atoms with E-state index in [1.54, 1.807) is 6.92 Å². The minimum atomic E-state index is -0.617. The minimum Gasteiger partial charge on any atom is -0.462 e. The van der Waals surface area contributed by atoms with Crippen molar-refractivity contribution in [2.24, 2.45) is 5.18 Å². The van der Waals surface area contributed by atoms with E-state index in [1.807, 2.05) is 0 Å². The van der Waals surface area contributed by atoms with Crippen LogP contribution >= 0.6 is 0 Å². The number of rotatable bonds is 3. The summed E-state index contributed by atoms with van der Waals surface area (Å²) in [7, 11) is 0. The molecule has 1 aromatic rings. The number of nitrogens with zero attached hydrogens (tertiary/aromatic N) is 2. The Labute approximate surface area is 91.8 Å². The van der Waals surface area contributed by atoms with E-state index in [1.165, 1.54) is 6.92 Å². The van der Waals surface area contributed by atoms with Gasteiger partial charge in [-0.2, -0.15) is 0 Å². The number of aryl methyl sites for hydroxylation is 1. The Morgan fingerprint density at radius 3 is 2.56 bits per heavy atom. The molecule has 0 amide bonds. The molecule has 0 bridgehead atoms. The fraction of sp³-hybridized carbons (Fsp3) is 0.333. The smallest absolute Gasteiger partial charge is 0.342 e. The zero-order chi connectivity index (χ0) is 12.3. The molecular formula is C9H12N4O3. The predicted molar refractivity (Wildman–Crippen MR) is 59.2 cm³/mol. The molecule has 0 aliphatic carbocycles. The molecule has 0 aliphatic rings. The van der Waals surface area contributed by atoms with Crippen molar-refractivity contribution in [2.75, 3.05) is 18.1 Å². The number of nitrogen functional groups attached to an aromatic ring is 2. The number of esters is 1.